The molecular formula is C24H29N3O3. The molecule has 6 nitrogen and oxygen atoms in total. The fraction of sp³-hybridized carbons (Fsp3) is 0.375. The van der Waals surface area contributed by atoms with Gasteiger partial charge in [0.15, 0.2) is 5.82 Å². The minimum Gasteiger partial charge on any atom is -0.388 e. The standard InChI is InChI=1S/C24H29N3O3/c1-2-7-22-26-24(30-27-22)11-6-10-23(29)25-20-15-12-18(13-16-20)14-17-21(28)19-8-4-3-5-9-19/h3-5,8-9,12-13,15-16,21,28H,2,6-7,10-11,14,17H2,1H3,(H,25,29)/t21-/m1/s1. The van der Waals surface area contributed by atoms with Crippen molar-refractivity contribution in [2.45, 2.75) is 58.0 Å². The number of anilines is 1. The molecule has 2 aromatic carbocycles. The number of carbonyl (C=O) groups excluding carboxylic acids is 1. The lowest BCUT2D eigenvalue weighted by Crippen LogP contribution is -2.11. The van der Waals surface area contributed by atoms with Crippen molar-refractivity contribution in [2.24, 2.45) is 0 Å². The predicted octanol–water partition coefficient (Wildman–Crippen LogP) is 4.65. The molecular weight excluding hydrogens is 378 g/mol. The first-order valence-electron chi connectivity index (χ1n) is 10.6. The van der Waals surface area contributed by atoms with Gasteiger partial charge in [-0.15, -0.1) is 0 Å². The fourth-order valence-electron chi connectivity index (χ4n) is 3.24. The zero-order chi connectivity index (χ0) is 21.2. The summed E-state index contributed by atoms with van der Waals surface area (Å²) in [6, 6.07) is 17.5. The Bertz CT molecular complexity index is 907. The number of aliphatic hydroxyl groups is 1. The SMILES string of the molecule is CCCc1noc(CCCC(=O)Nc2ccc(CC[C@@H](O)c3ccccc3)cc2)n1. The molecule has 0 fully saturated rings. The molecule has 158 valence electrons. The summed E-state index contributed by atoms with van der Waals surface area (Å²) in [6.45, 7) is 2.07. The van der Waals surface area contributed by atoms with Crippen molar-refractivity contribution in [2.75, 3.05) is 5.32 Å². The molecule has 0 radical (unpaired) electrons. The van der Waals surface area contributed by atoms with Gasteiger partial charge in [0.05, 0.1) is 6.10 Å². The number of rotatable bonds is 11. The van der Waals surface area contributed by atoms with Crippen molar-refractivity contribution >= 4 is 11.6 Å². The normalized spacial score (nSPS) is 11.9. The third-order valence-electron chi connectivity index (χ3n) is 4.91. The molecule has 30 heavy (non-hydrogen) atoms. The lowest BCUT2D eigenvalue weighted by Gasteiger charge is -2.11. The van der Waals surface area contributed by atoms with Crippen LogP contribution in [0.25, 0.3) is 0 Å². The smallest absolute Gasteiger partial charge is 0.226 e. The van der Waals surface area contributed by atoms with E-state index in [1.54, 1.807) is 0 Å². The molecule has 0 saturated carbocycles. The maximum Gasteiger partial charge on any atom is 0.226 e. The Kier molecular flexibility index (Phi) is 8.15. The summed E-state index contributed by atoms with van der Waals surface area (Å²) in [5.41, 5.74) is 2.83. The van der Waals surface area contributed by atoms with Crippen LogP contribution in [-0.4, -0.2) is 21.2 Å². The van der Waals surface area contributed by atoms with Gasteiger partial charge in [-0.05, 0) is 48.9 Å². The summed E-state index contributed by atoms with van der Waals surface area (Å²) in [7, 11) is 0. The highest BCUT2D eigenvalue weighted by atomic mass is 16.5. The van der Waals surface area contributed by atoms with E-state index in [-0.39, 0.29) is 5.91 Å². The Labute approximate surface area is 177 Å². The first-order valence-corrected chi connectivity index (χ1v) is 10.6. The molecule has 3 rings (SSSR count). The van der Waals surface area contributed by atoms with E-state index in [1.165, 1.54) is 0 Å². The quantitative estimate of drug-likeness (QED) is 0.483. The summed E-state index contributed by atoms with van der Waals surface area (Å²) >= 11 is 0. The van der Waals surface area contributed by atoms with Crippen LogP contribution in [-0.2, 0) is 24.1 Å². The van der Waals surface area contributed by atoms with E-state index in [0.29, 0.717) is 31.6 Å². The van der Waals surface area contributed by atoms with Crippen LogP contribution in [0, 0.1) is 0 Å². The molecule has 1 heterocycles. The van der Waals surface area contributed by atoms with E-state index in [2.05, 4.69) is 22.4 Å². The van der Waals surface area contributed by atoms with Crippen molar-refractivity contribution < 1.29 is 14.4 Å². The Morgan fingerprint density at radius 1 is 1.07 bits per heavy atom. The maximum atomic E-state index is 12.2. The summed E-state index contributed by atoms with van der Waals surface area (Å²) in [6.07, 6.45) is 4.42. The Morgan fingerprint density at radius 2 is 1.83 bits per heavy atom. The summed E-state index contributed by atoms with van der Waals surface area (Å²) < 4.78 is 5.19. The molecule has 1 atom stereocenters. The van der Waals surface area contributed by atoms with Crippen molar-refractivity contribution in [1.82, 2.24) is 10.1 Å². The minimum absolute atomic E-state index is 0.0319. The molecule has 6 heteroatoms. The number of aromatic nitrogens is 2. The monoisotopic (exact) mass is 407 g/mol. The Morgan fingerprint density at radius 3 is 2.57 bits per heavy atom. The number of nitrogens with zero attached hydrogens (tertiary/aromatic N) is 2. The highest BCUT2D eigenvalue weighted by Crippen LogP contribution is 2.19. The van der Waals surface area contributed by atoms with Gasteiger partial charge in [0, 0.05) is 24.9 Å². The highest BCUT2D eigenvalue weighted by molar-refractivity contribution is 5.90. The maximum absolute atomic E-state index is 12.2. The molecule has 0 unspecified atom stereocenters. The van der Waals surface area contributed by atoms with Crippen molar-refractivity contribution in [1.29, 1.82) is 0 Å². The molecule has 0 bridgehead atoms. The van der Waals surface area contributed by atoms with Gasteiger partial charge >= 0.3 is 0 Å². The van der Waals surface area contributed by atoms with E-state index in [9.17, 15) is 9.90 Å². The van der Waals surface area contributed by atoms with Crippen LogP contribution in [0.4, 0.5) is 5.69 Å². The van der Waals surface area contributed by atoms with Gasteiger partial charge in [-0.1, -0.05) is 54.5 Å². The van der Waals surface area contributed by atoms with E-state index in [4.69, 9.17) is 4.52 Å². The third kappa shape index (κ3) is 6.81. The third-order valence-corrected chi connectivity index (χ3v) is 4.91. The first kappa shape index (κ1) is 21.7. The molecule has 0 spiro atoms. The molecule has 0 aliphatic rings. The van der Waals surface area contributed by atoms with Gasteiger partial charge in [0.2, 0.25) is 11.8 Å². The van der Waals surface area contributed by atoms with Crippen molar-refractivity contribution in [3.05, 3.63) is 77.4 Å². The lowest BCUT2D eigenvalue weighted by atomic mass is 10.0. The summed E-state index contributed by atoms with van der Waals surface area (Å²) in [5.74, 6) is 1.29. The summed E-state index contributed by atoms with van der Waals surface area (Å²) in [5, 5.41) is 17.1. The topological polar surface area (TPSA) is 88.2 Å². The second-order valence-electron chi connectivity index (χ2n) is 7.42. The number of carbonyl (C=O) groups is 1. The van der Waals surface area contributed by atoms with Crippen LogP contribution in [0.5, 0.6) is 0 Å². The number of amides is 1. The molecule has 3 aromatic rings. The molecule has 0 saturated heterocycles. The van der Waals surface area contributed by atoms with Gasteiger partial charge in [-0.2, -0.15) is 4.98 Å². The van der Waals surface area contributed by atoms with Gasteiger partial charge < -0.3 is 14.9 Å². The van der Waals surface area contributed by atoms with Gasteiger partial charge in [0.1, 0.15) is 0 Å². The predicted molar refractivity (Wildman–Crippen MR) is 116 cm³/mol. The van der Waals surface area contributed by atoms with E-state index in [1.807, 2.05) is 54.6 Å². The molecule has 1 aromatic heterocycles. The van der Waals surface area contributed by atoms with E-state index in [0.717, 1.165) is 41.9 Å². The fourth-order valence-corrected chi connectivity index (χ4v) is 3.24. The van der Waals surface area contributed by atoms with Crippen LogP contribution in [0.15, 0.2) is 59.1 Å². The van der Waals surface area contributed by atoms with Crippen molar-refractivity contribution in [3.8, 4) is 0 Å². The van der Waals surface area contributed by atoms with Crippen LogP contribution >= 0.6 is 0 Å². The average Bonchev–Trinajstić information content (AvgIpc) is 3.21. The van der Waals surface area contributed by atoms with Gasteiger partial charge in [-0.3, -0.25) is 4.79 Å². The van der Waals surface area contributed by atoms with E-state index >= 15 is 0 Å². The van der Waals surface area contributed by atoms with Gasteiger partial charge in [0.25, 0.3) is 0 Å². The molecule has 1 amide bonds. The average molecular weight is 408 g/mol. The van der Waals surface area contributed by atoms with Crippen LogP contribution < -0.4 is 5.32 Å². The zero-order valence-electron chi connectivity index (χ0n) is 17.4. The molecule has 0 aliphatic carbocycles. The second-order valence-corrected chi connectivity index (χ2v) is 7.42. The minimum atomic E-state index is -0.470. The first-order chi connectivity index (χ1) is 14.6. The Hall–Kier alpha value is -2.99. The number of benzene rings is 2. The highest BCUT2D eigenvalue weighted by Gasteiger charge is 2.09. The number of nitrogens with one attached hydrogen (secondary N) is 1. The number of hydrogen-bond acceptors (Lipinski definition) is 5. The molecule has 2 N–H and O–H groups in total. The molecule has 0 aliphatic heterocycles. The Balaban J connectivity index is 1.38. The van der Waals surface area contributed by atoms with Crippen molar-refractivity contribution in [3.63, 3.8) is 0 Å². The van der Waals surface area contributed by atoms with Crippen LogP contribution in [0.2, 0.25) is 0 Å². The number of aryl methyl sites for hydroxylation is 3. The van der Waals surface area contributed by atoms with Crippen LogP contribution in [0.1, 0.15) is 61.6 Å². The van der Waals surface area contributed by atoms with Gasteiger partial charge in [-0.25, -0.2) is 0 Å². The second kappa shape index (κ2) is 11.3. The summed E-state index contributed by atoms with van der Waals surface area (Å²) in [4.78, 5) is 16.5. The largest absolute Gasteiger partial charge is 0.388 e. The lowest BCUT2D eigenvalue weighted by molar-refractivity contribution is -0.116. The zero-order valence-corrected chi connectivity index (χ0v) is 17.4. The van der Waals surface area contributed by atoms with Crippen LogP contribution in [0.3, 0.4) is 0 Å². The van der Waals surface area contributed by atoms with E-state index < -0.39 is 6.10 Å². The number of hydrogen-bond donors (Lipinski definition) is 2. The number of aliphatic hydroxyl groups excluding tert-OH is 1.